The molecule has 0 radical (unpaired) electrons. The van der Waals surface area contributed by atoms with Gasteiger partial charge in [0.15, 0.2) is 12.1 Å². The summed E-state index contributed by atoms with van der Waals surface area (Å²) >= 11 is 0. The Morgan fingerprint density at radius 2 is 1.40 bits per heavy atom. The Morgan fingerprint density at radius 1 is 0.800 bits per heavy atom. The normalized spacial score (nSPS) is 11.6. The number of aryl methyl sites for hydroxylation is 2. The van der Waals surface area contributed by atoms with Gasteiger partial charge in [-0.15, -0.1) is 0 Å². The highest BCUT2D eigenvalue weighted by Crippen LogP contribution is 2.07. The summed E-state index contributed by atoms with van der Waals surface area (Å²) in [5.74, 6) is -0.206. The summed E-state index contributed by atoms with van der Waals surface area (Å²) in [4.78, 5) is 23.2. The molecule has 0 aromatic heterocycles. The maximum Gasteiger partial charge on any atom is 0.188 e. The van der Waals surface area contributed by atoms with Crippen LogP contribution in [-0.2, 0) is 22.4 Å². The van der Waals surface area contributed by atoms with E-state index in [-0.39, 0.29) is 11.4 Å². The molecule has 0 aliphatic carbocycles. The van der Waals surface area contributed by atoms with Crippen LogP contribution in [0.15, 0.2) is 84.5 Å². The maximum absolute atomic E-state index is 12.1. The number of hydrogen-bond acceptors (Lipinski definition) is 2. The van der Waals surface area contributed by atoms with Crippen LogP contribution in [0.2, 0.25) is 0 Å². The average Bonchev–Trinajstić information content (AvgIpc) is 2.67. The molecule has 128 valence electrons. The fourth-order valence-corrected chi connectivity index (χ4v) is 2.60. The topological polar surface area (TPSA) is 34.1 Å². The number of rotatable bonds is 10. The molecular weight excluding hydrogens is 308 g/mol. The van der Waals surface area contributed by atoms with Crippen LogP contribution in [-0.4, -0.2) is 12.1 Å². The first-order valence-electron chi connectivity index (χ1n) is 8.73. The van der Waals surface area contributed by atoms with Crippen molar-refractivity contribution in [3.05, 3.63) is 95.6 Å². The number of hydrogen-bond donors (Lipinski definition) is 0. The van der Waals surface area contributed by atoms with Crippen molar-refractivity contribution in [3.63, 3.8) is 0 Å². The Balaban J connectivity index is 1.75. The van der Waals surface area contributed by atoms with Gasteiger partial charge in [0.25, 0.3) is 0 Å². The third-order valence-electron chi connectivity index (χ3n) is 4.00. The molecule has 0 bridgehead atoms. The molecule has 2 aromatic carbocycles. The number of benzene rings is 2. The summed E-state index contributed by atoms with van der Waals surface area (Å²) in [5.41, 5.74) is 2.77. The first-order chi connectivity index (χ1) is 12.3. The van der Waals surface area contributed by atoms with Crippen molar-refractivity contribution in [2.75, 3.05) is 0 Å². The van der Waals surface area contributed by atoms with Crippen LogP contribution >= 0.6 is 0 Å². The van der Waals surface area contributed by atoms with E-state index in [0.717, 1.165) is 32.1 Å². The van der Waals surface area contributed by atoms with E-state index in [1.165, 1.54) is 17.2 Å². The molecule has 0 fully saturated rings. The molecule has 0 aliphatic heterocycles. The minimum atomic E-state index is -0.206. The van der Waals surface area contributed by atoms with E-state index in [4.69, 9.17) is 0 Å². The molecule has 0 saturated heterocycles. The van der Waals surface area contributed by atoms with Crippen molar-refractivity contribution in [1.29, 1.82) is 0 Å². The average molecular weight is 332 g/mol. The Morgan fingerprint density at radius 3 is 2.00 bits per heavy atom. The predicted molar refractivity (Wildman–Crippen MR) is 102 cm³/mol. The zero-order chi connectivity index (χ0) is 17.7. The van der Waals surface area contributed by atoms with Crippen molar-refractivity contribution >= 4 is 12.1 Å². The predicted octanol–water partition coefficient (Wildman–Crippen LogP) is 4.89. The summed E-state index contributed by atoms with van der Waals surface area (Å²) < 4.78 is 0. The lowest BCUT2D eigenvalue weighted by Gasteiger charge is -1.99. The first-order valence-corrected chi connectivity index (χ1v) is 8.73. The Hall–Kier alpha value is -2.74. The first kappa shape index (κ1) is 18.6. The van der Waals surface area contributed by atoms with Gasteiger partial charge in [0, 0.05) is 0 Å². The van der Waals surface area contributed by atoms with Gasteiger partial charge in [0.2, 0.25) is 0 Å². The van der Waals surface area contributed by atoms with Gasteiger partial charge in [-0.1, -0.05) is 72.8 Å². The van der Waals surface area contributed by atoms with Gasteiger partial charge < -0.3 is 0 Å². The quantitative estimate of drug-likeness (QED) is 0.204. The van der Waals surface area contributed by atoms with Gasteiger partial charge in [0.1, 0.15) is 0 Å². The third kappa shape index (κ3) is 7.13. The summed E-state index contributed by atoms with van der Waals surface area (Å²) in [6.45, 7) is 0. The van der Waals surface area contributed by atoms with E-state index >= 15 is 0 Å². The van der Waals surface area contributed by atoms with Crippen LogP contribution in [0.5, 0.6) is 0 Å². The van der Waals surface area contributed by atoms with E-state index in [9.17, 15) is 9.59 Å². The minimum Gasteiger partial charge on any atom is -0.298 e. The molecular formula is C23H24O2. The molecule has 0 N–H and O–H groups in total. The summed E-state index contributed by atoms with van der Waals surface area (Å²) in [5, 5.41) is 0. The summed E-state index contributed by atoms with van der Waals surface area (Å²) in [6, 6.07) is 20.4. The van der Waals surface area contributed by atoms with E-state index in [1.54, 1.807) is 6.08 Å². The standard InChI is InChI=1S/C23H24O2/c24-19-22(17-9-7-15-20-11-3-1-4-12-20)23(25)18-10-8-16-21-13-5-2-6-14-21/h1-6,10-14,17-19H,7-9,15-16H2. The Bertz CT molecular complexity index is 712. The fraction of sp³-hybridized carbons (Fsp3) is 0.217. The lowest BCUT2D eigenvalue weighted by Crippen LogP contribution is -2.00. The highest BCUT2D eigenvalue weighted by Gasteiger charge is 2.04. The van der Waals surface area contributed by atoms with Crippen LogP contribution in [0.1, 0.15) is 30.4 Å². The van der Waals surface area contributed by atoms with Crippen molar-refractivity contribution in [1.82, 2.24) is 0 Å². The van der Waals surface area contributed by atoms with Crippen LogP contribution < -0.4 is 0 Å². The van der Waals surface area contributed by atoms with Crippen molar-refractivity contribution < 1.29 is 9.59 Å². The highest BCUT2D eigenvalue weighted by atomic mass is 16.1. The van der Waals surface area contributed by atoms with E-state index < -0.39 is 0 Å². The number of carbonyl (C=O) groups excluding carboxylic acids is 2. The van der Waals surface area contributed by atoms with Crippen LogP contribution in [0, 0.1) is 0 Å². The smallest absolute Gasteiger partial charge is 0.188 e. The zero-order valence-corrected chi connectivity index (χ0v) is 14.4. The maximum atomic E-state index is 12.1. The van der Waals surface area contributed by atoms with Gasteiger partial charge >= 0.3 is 0 Å². The zero-order valence-electron chi connectivity index (χ0n) is 14.4. The van der Waals surface area contributed by atoms with E-state index in [2.05, 4.69) is 24.3 Å². The van der Waals surface area contributed by atoms with Crippen molar-refractivity contribution in [2.24, 2.45) is 0 Å². The molecule has 2 nitrogen and oxygen atoms in total. The lowest BCUT2D eigenvalue weighted by molar-refractivity contribution is -0.114. The van der Waals surface area contributed by atoms with Gasteiger partial charge in [-0.25, -0.2) is 0 Å². The molecule has 2 rings (SSSR count). The molecule has 25 heavy (non-hydrogen) atoms. The molecule has 2 aromatic rings. The second-order valence-corrected chi connectivity index (χ2v) is 5.95. The van der Waals surface area contributed by atoms with E-state index in [0.29, 0.717) is 6.29 Å². The fourth-order valence-electron chi connectivity index (χ4n) is 2.60. The third-order valence-corrected chi connectivity index (χ3v) is 4.00. The minimum absolute atomic E-state index is 0.206. The Labute approximate surface area is 149 Å². The molecule has 0 aliphatic rings. The lowest BCUT2D eigenvalue weighted by atomic mass is 10.1. The van der Waals surface area contributed by atoms with Gasteiger partial charge in [-0.3, -0.25) is 9.59 Å². The second-order valence-electron chi connectivity index (χ2n) is 5.95. The summed E-state index contributed by atoms with van der Waals surface area (Å²) in [6.07, 6.45) is 10.0. The molecule has 2 heteroatoms. The van der Waals surface area contributed by atoms with Crippen LogP contribution in [0.3, 0.4) is 0 Å². The number of ketones is 1. The van der Waals surface area contributed by atoms with Crippen molar-refractivity contribution in [3.8, 4) is 0 Å². The Kier molecular flexibility index (Phi) is 8.13. The molecule has 0 unspecified atom stereocenters. The number of allylic oxidation sites excluding steroid dienone is 4. The van der Waals surface area contributed by atoms with Gasteiger partial charge in [-0.2, -0.15) is 0 Å². The molecule has 0 heterocycles. The number of aldehydes is 1. The van der Waals surface area contributed by atoms with E-state index in [1.807, 2.05) is 42.5 Å². The summed E-state index contributed by atoms with van der Waals surface area (Å²) in [7, 11) is 0. The van der Waals surface area contributed by atoms with Gasteiger partial charge in [-0.05, 0) is 49.3 Å². The second kappa shape index (κ2) is 10.9. The van der Waals surface area contributed by atoms with Crippen molar-refractivity contribution in [2.45, 2.75) is 32.1 Å². The largest absolute Gasteiger partial charge is 0.298 e. The number of carbonyl (C=O) groups is 2. The molecule has 0 amide bonds. The molecule has 0 spiro atoms. The highest BCUT2D eigenvalue weighted by molar-refractivity contribution is 6.17. The van der Waals surface area contributed by atoms with Crippen LogP contribution in [0.25, 0.3) is 0 Å². The van der Waals surface area contributed by atoms with Crippen LogP contribution in [0.4, 0.5) is 0 Å². The number of unbranched alkanes of at least 4 members (excludes halogenated alkanes) is 1. The molecule has 0 saturated carbocycles. The van der Waals surface area contributed by atoms with Gasteiger partial charge in [0.05, 0.1) is 5.57 Å². The molecule has 0 atom stereocenters. The SMILES string of the molecule is O=CC(=CCCCc1ccccc1)C(=O)C=CCCc1ccccc1. The monoisotopic (exact) mass is 332 g/mol.